The van der Waals surface area contributed by atoms with Gasteiger partial charge in [0.25, 0.3) is 0 Å². The van der Waals surface area contributed by atoms with Crippen LogP contribution in [0, 0.1) is 0 Å². The van der Waals surface area contributed by atoms with Crippen molar-refractivity contribution < 1.29 is 29.0 Å². The lowest BCUT2D eigenvalue weighted by Crippen LogP contribution is -2.43. The largest absolute Gasteiger partial charge is 0.480 e. The Hall–Kier alpha value is -2.00. The molecule has 1 N–H and O–H groups in total. The number of ether oxygens (including phenoxy) is 1. The van der Waals surface area contributed by atoms with E-state index >= 15 is 0 Å². The Morgan fingerprint density at radius 3 is 2.58 bits per heavy atom. The molecule has 1 aliphatic rings. The van der Waals surface area contributed by atoms with E-state index in [2.05, 4.69) is 0 Å². The molecule has 0 bridgehead atoms. The quantitative estimate of drug-likeness (QED) is 0.576. The molecular weight excluding hydrogens is 378 g/mol. The minimum Gasteiger partial charge on any atom is -0.480 e. The summed E-state index contributed by atoms with van der Waals surface area (Å²) in [6.07, 6.45) is 0.0564. The van der Waals surface area contributed by atoms with Crippen LogP contribution in [0.25, 0.3) is 0 Å². The number of amides is 1. The molecule has 1 aromatic carbocycles. The minimum atomic E-state index is -1.09. The van der Waals surface area contributed by atoms with Gasteiger partial charge >= 0.3 is 11.9 Å². The van der Waals surface area contributed by atoms with Crippen molar-refractivity contribution in [1.82, 2.24) is 4.90 Å². The first-order valence-electron chi connectivity index (χ1n) is 7.87. The second-order valence-electron chi connectivity index (χ2n) is 5.56. The Morgan fingerprint density at radius 2 is 1.96 bits per heavy atom. The molecule has 1 fully saturated rings. The molecule has 0 aromatic heterocycles. The molecule has 26 heavy (non-hydrogen) atoms. The van der Waals surface area contributed by atoms with Crippen LogP contribution in [-0.2, 0) is 19.2 Å². The fraction of sp³-hybridized carbons (Fsp3) is 0.412. The van der Waals surface area contributed by atoms with Gasteiger partial charge in [0.1, 0.15) is 17.2 Å². The Labute approximate surface area is 159 Å². The number of carbonyl (C=O) groups excluding carboxylic acids is 3. The van der Waals surface area contributed by atoms with Crippen molar-refractivity contribution in [2.24, 2.45) is 0 Å². The fourth-order valence-electron chi connectivity index (χ4n) is 2.58. The third kappa shape index (κ3) is 5.01. The topological polar surface area (TPSA) is 101 Å². The van der Waals surface area contributed by atoms with E-state index in [9.17, 15) is 24.3 Å². The molecule has 0 spiro atoms. The molecule has 2 rings (SSSR count). The van der Waals surface area contributed by atoms with Crippen molar-refractivity contribution in [2.45, 2.75) is 31.7 Å². The summed E-state index contributed by atoms with van der Waals surface area (Å²) >= 11 is 2.34. The monoisotopic (exact) mass is 397 g/mol. The van der Waals surface area contributed by atoms with Gasteiger partial charge in [-0.15, -0.1) is 11.8 Å². The van der Waals surface area contributed by atoms with E-state index in [0.29, 0.717) is 17.1 Å². The minimum absolute atomic E-state index is 0.0564. The molecule has 1 saturated heterocycles. The third-order valence-electron chi connectivity index (χ3n) is 3.63. The molecule has 0 aliphatic carbocycles. The summed E-state index contributed by atoms with van der Waals surface area (Å²) in [5.74, 6) is -1.10. The van der Waals surface area contributed by atoms with E-state index in [0.717, 1.165) is 11.8 Å². The van der Waals surface area contributed by atoms with Crippen molar-refractivity contribution in [2.75, 3.05) is 11.5 Å². The number of carboxylic acids is 1. The van der Waals surface area contributed by atoms with Gasteiger partial charge in [0.2, 0.25) is 5.91 Å². The van der Waals surface area contributed by atoms with Gasteiger partial charge in [-0.3, -0.25) is 14.4 Å². The Bertz CT molecular complexity index is 723. The number of carbonyl (C=O) groups is 4. The number of aliphatic carboxylic acids is 1. The molecule has 1 heterocycles. The number of hydrogen-bond acceptors (Lipinski definition) is 7. The van der Waals surface area contributed by atoms with Crippen LogP contribution in [0.2, 0.25) is 0 Å². The fourth-order valence-corrected chi connectivity index (χ4v) is 4.62. The molecule has 0 radical (unpaired) electrons. The first kappa shape index (κ1) is 20.3. The molecule has 9 heteroatoms. The van der Waals surface area contributed by atoms with E-state index in [1.54, 1.807) is 24.3 Å². The van der Waals surface area contributed by atoms with Crippen molar-refractivity contribution in [1.29, 1.82) is 0 Å². The van der Waals surface area contributed by atoms with Gasteiger partial charge in [0.15, 0.2) is 5.12 Å². The average Bonchev–Trinajstić information content (AvgIpc) is 2.99. The maximum Gasteiger partial charge on any atom is 0.327 e. The van der Waals surface area contributed by atoms with Crippen molar-refractivity contribution in [3.63, 3.8) is 0 Å². The van der Waals surface area contributed by atoms with Gasteiger partial charge in [-0.05, 0) is 6.07 Å². The molecule has 7 nitrogen and oxygen atoms in total. The lowest BCUT2D eigenvalue weighted by Gasteiger charge is -2.28. The van der Waals surface area contributed by atoms with Crippen LogP contribution in [0.3, 0.4) is 0 Å². The van der Waals surface area contributed by atoms with Gasteiger partial charge < -0.3 is 14.7 Å². The lowest BCUT2D eigenvalue weighted by molar-refractivity contribution is -0.149. The molecule has 0 saturated carbocycles. The number of carboxylic acid groups (broad SMARTS) is 1. The number of benzene rings is 1. The summed E-state index contributed by atoms with van der Waals surface area (Å²) in [5.41, 5.74) is 0.573. The molecule has 1 aliphatic heterocycles. The normalized spacial score (nSPS) is 19.2. The van der Waals surface area contributed by atoms with Crippen LogP contribution in [0.15, 0.2) is 24.3 Å². The van der Waals surface area contributed by atoms with Crippen LogP contribution in [0.4, 0.5) is 0 Å². The van der Waals surface area contributed by atoms with Crippen LogP contribution >= 0.6 is 23.5 Å². The smallest absolute Gasteiger partial charge is 0.327 e. The zero-order valence-corrected chi connectivity index (χ0v) is 16.0. The maximum absolute atomic E-state index is 12.7. The molecule has 2 unspecified atom stereocenters. The van der Waals surface area contributed by atoms with Crippen LogP contribution < -0.4 is 4.74 Å². The predicted octanol–water partition coefficient (Wildman–Crippen LogP) is 2.31. The first-order valence-corrected chi connectivity index (χ1v) is 9.91. The molecule has 140 valence electrons. The molecule has 1 amide bonds. The molecule has 1 aromatic rings. The summed E-state index contributed by atoms with van der Waals surface area (Å²) < 4.78 is 5.21. The average molecular weight is 397 g/mol. The summed E-state index contributed by atoms with van der Waals surface area (Å²) in [4.78, 5) is 48.0. The SMILES string of the molecule is CC(=O)Oc1ccccc1C1SCC(C(=O)O)N1C(=O)CCSC(C)=O. The number of para-hydroxylation sites is 1. The van der Waals surface area contributed by atoms with Gasteiger partial charge in [0, 0.05) is 37.3 Å². The van der Waals surface area contributed by atoms with E-state index in [4.69, 9.17) is 4.74 Å². The van der Waals surface area contributed by atoms with Crippen molar-refractivity contribution in [3.05, 3.63) is 29.8 Å². The number of hydrogen-bond donors (Lipinski definition) is 1. The van der Waals surface area contributed by atoms with Crippen molar-refractivity contribution in [3.8, 4) is 5.75 Å². The Morgan fingerprint density at radius 1 is 1.27 bits per heavy atom. The summed E-state index contributed by atoms with van der Waals surface area (Å²) in [6.45, 7) is 2.69. The highest BCUT2D eigenvalue weighted by atomic mass is 32.2. The number of thioether (sulfide) groups is 2. The number of esters is 1. The van der Waals surface area contributed by atoms with Gasteiger partial charge in [0.05, 0.1) is 0 Å². The Kier molecular flexibility index (Phi) is 7.10. The highest BCUT2D eigenvalue weighted by molar-refractivity contribution is 8.13. The summed E-state index contributed by atoms with van der Waals surface area (Å²) in [7, 11) is 0. The van der Waals surface area contributed by atoms with Gasteiger partial charge in [-0.2, -0.15) is 0 Å². The summed E-state index contributed by atoms with van der Waals surface area (Å²) in [5, 5.41) is 8.81. The van der Waals surface area contributed by atoms with Crippen LogP contribution in [0.5, 0.6) is 5.75 Å². The van der Waals surface area contributed by atoms with Crippen LogP contribution in [-0.4, -0.2) is 50.5 Å². The van der Waals surface area contributed by atoms with E-state index in [1.165, 1.54) is 30.5 Å². The van der Waals surface area contributed by atoms with Gasteiger partial charge in [-0.25, -0.2) is 4.79 Å². The highest BCUT2D eigenvalue weighted by Crippen LogP contribution is 2.45. The number of rotatable bonds is 6. The van der Waals surface area contributed by atoms with E-state index in [1.807, 2.05) is 0 Å². The standard InChI is InChI=1S/C17H19NO6S2/c1-10(19)24-14-6-4-3-5-12(14)16-18(13(9-26-16)17(22)23)15(21)7-8-25-11(2)20/h3-6,13,16H,7-9H2,1-2H3,(H,22,23). The van der Waals surface area contributed by atoms with Gasteiger partial charge in [-0.1, -0.05) is 30.0 Å². The maximum atomic E-state index is 12.7. The predicted molar refractivity (Wildman–Crippen MR) is 99.0 cm³/mol. The summed E-state index contributed by atoms with van der Waals surface area (Å²) in [6, 6.07) is 5.80. The second-order valence-corrected chi connectivity index (χ2v) is 7.95. The van der Waals surface area contributed by atoms with Crippen LogP contribution in [0.1, 0.15) is 31.2 Å². The van der Waals surface area contributed by atoms with Crippen molar-refractivity contribution >= 4 is 46.5 Å². The molecule has 2 atom stereocenters. The lowest BCUT2D eigenvalue weighted by atomic mass is 10.1. The first-order chi connectivity index (χ1) is 12.3. The Balaban J connectivity index is 2.28. The number of nitrogens with zero attached hydrogens (tertiary/aromatic N) is 1. The zero-order valence-electron chi connectivity index (χ0n) is 14.3. The molecular formula is C17H19NO6S2. The van der Waals surface area contributed by atoms with E-state index in [-0.39, 0.29) is 23.2 Å². The highest BCUT2D eigenvalue weighted by Gasteiger charge is 2.43. The second kappa shape index (κ2) is 9.09. The van der Waals surface area contributed by atoms with E-state index < -0.39 is 23.4 Å². The zero-order chi connectivity index (χ0) is 19.3. The third-order valence-corrected chi connectivity index (χ3v) is 5.75.